The minimum Gasteiger partial charge on any atom is -0.399 e. The van der Waals surface area contributed by atoms with Crippen LogP contribution in [0, 0.1) is 0 Å². The van der Waals surface area contributed by atoms with E-state index in [4.69, 9.17) is 5.73 Å². The molecule has 2 aromatic rings. The molecule has 26 heavy (non-hydrogen) atoms. The molecule has 0 unspecified atom stereocenters. The number of fused-ring (bicyclic) bond motifs is 1. The monoisotopic (exact) mass is 373 g/mol. The van der Waals surface area contributed by atoms with Gasteiger partial charge in [0, 0.05) is 23.3 Å². The van der Waals surface area contributed by atoms with Crippen LogP contribution < -0.4 is 15.8 Å². The maximum Gasteiger partial charge on any atom is 0.251 e. The van der Waals surface area contributed by atoms with Crippen molar-refractivity contribution in [1.29, 1.82) is 0 Å². The van der Waals surface area contributed by atoms with Gasteiger partial charge in [0.05, 0.1) is 4.90 Å². The number of hydrogen-bond acceptors (Lipinski definition) is 4. The fourth-order valence-corrected chi connectivity index (χ4v) is 4.55. The Balaban J connectivity index is 1.78. The van der Waals surface area contributed by atoms with Crippen LogP contribution in [0.2, 0.25) is 0 Å². The van der Waals surface area contributed by atoms with E-state index in [0.29, 0.717) is 0 Å². The zero-order chi connectivity index (χ0) is 18.9. The second kappa shape index (κ2) is 7.09. The predicted molar refractivity (Wildman–Crippen MR) is 101 cm³/mol. The SMILES string of the molecule is CC(C)NS(=O)(=O)c1cc(N)cc(C(=O)NC2Cc3ccccc3C2)c1. The summed E-state index contributed by atoms with van der Waals surface area (Å²) in [5.41, 5.74) is 8.77. The van der Waals surface area contributed by atoms with Crippen LogP contribution in [0.15, 0.2) is 47.4 Å². The van der Waals surface area contributed by atoms with E-state index in [2.05, 4.69) is 22.2 Å². The standard InChI is InChI=1S/C19H23N3O3S/c1-12(2)22-26(24,25)18-10-15(7-16(20)11-18)19(23)21-17-8-13-5-3-4-6-14(13)9-17/h3-7,10-12,17,22H,8-9,20H2,1-2H3,(H,21,23). The lowest BCUT2D eigenvalue weighted by Crippen LogP contribution is -2.35. The summed E-state index contributed by atoms with van der Waals surface area (Å²) in [4.78, 5) is 12.6. The molecule has 0 aromatic heterocycles. The Morgan fingerprint density at radius 2 is 1.73 bits per heavy atom. The average molecular weight is 373 g/mol. The van der Waals surface area contributed by atoms with Crippen molar-refractivity contribution in [3.8, 4) is 0 Å². The summed E-state index contributed by atoms with van der Waals surface area (Å²) in [6.07, 6.45) is 1.54. The van der Waals surface area contributed by atoms with Gasteiger partial charge in [0.15, 0.2) is 0 Å². The Kier molecular flexibility index (Phi) is 5.02. The van der Waals surface area contributed by atoms with Gasteiger partial charge in [-0.25, -0.2) is 13.1 Å². The van der Waals surface area contributed by atoms with Crippen LogP contribution in [0.25, 0.3) is 0 Å². The van der Waals surface area contributed by atoms with E-state index in [1.807, 2.05) is 12.1 Å². The molecule has 0 spiro atoms. The molecule has 0 aliphatic heterocycles. The van der Waals surface area contributed by atoms with Crippen molar-refractivity contribution in [1.82, 2.24) is 10.0 Å². The number of hydrogen-bond donors (Lipinski definition) is 3. The highest BCUT2D eigenvalue weighted by molar-refractivity contribution is 7.89. The Morgan fingerprint density at radius 3 is 2.31 bits per heavy atom. The third-order valence-electron chi connectivity index (χ3n) is 4.28. The van der Waals surface area contributed by atoms with Crippen molar-refractivity contribution >= 4 is 21.6 Å². The lowest BCUT2D eigenvalue weighted by atomic mass is 10.1. The van der Waals surface area contributed by atoms with E-state index >= 15 is 0 Å². The molecule has 0 radical (unpaired) electrons. The molecule has 3 rings (SSSR count). The third-order valence-corrected chi connectivity index (χ3v) is 5.92. The summed E-state index contributed by atoms with van der Waals surface area (Å²) in [6, 6.07) is 12.0. The number of nitrogens with two attached hydrogens (primary N) is 1. The number of nitrogen functional groups attached to an aromatic ring is 1. The van der Waals surface area contributed by atoms with Crippen molar-refractivity contribution < 1.29 is 13.2 Å². The zero-order valence-electron chi connectivity index (χ0n) is 14.8. The number of benzene rings is 2. The van der Waals surface area contributed by atoms with Crippen molar-refractivity contribution in [3.63, 3.8) is 0 Å². The van der Waals surface area contributed by atoms with Gasteiger partial charge in [0.1, 0.15) is 0 Å². The van der Waals surface area contributed by atoms with Gasteiger partial charge in [-0.15, -0.1) is 0 Å². The quantitative estimate of drug-likeness (QED) is 0.696. The van der Waals surface area contributed by atoms with Gasteiger partial charge in [-0.05, 0) is 56.0 Å². The minimum absolute atomic E-state index is 0.00447. The second-order valence-electron chi connectivity index (χ2n) is 6.91. The smallest absolute Gasteiger partial charge is 0.251 e. The van der Waals surface area contributed by atoms with Crippen LogP contribution in [0.1, 0.15) is 35.3 Å². The molecule has 0 bridgehead atoms. The van der Waals surface area contributed by atoms with Gasteiger partial charge in [0.25, 0.3) is 5.91 Å². The molecule has 1 amide bonds. The summed E-state index contributed by atoms with van der Waals surface area (Å²) in [6.45, 7) is 3.46. The fourth-order valence-electron chi connectivity index (χ4n) is 3.22. The second-order valence-corrected chi connectivity index (χ2v) is 8.63. The summed E-state index contributed by atoms with van der Waals surface area (Å²) in [5.74, 6) is -0.323. The Morgan fingerprint density at radius 1 is 1.12 bits per heavy atom. The number of rotatable bonds is 5. The maximum absolute atomic E-state index is 12.6. The first kappa shape index (κ1) is 18.4. The van der Waals surface area contributed by atoms with Crippen molar-refractivity contribution in [2.24, 2.45) is 0 Å². The normalized spacial score (nSPS) is 14.4. The van der Waals surface area contributed by atoms with Gasteiger partial charge >= 0.3 is 0 Å². The van der Waals surface area contributed by atoms with Gasteiger partial charge in [-0.1, -0.05) is 24.3 Å². The highest BCUT2D eigenvalue weighted by atomic mass is 32.2. The van der Waals surface area contributed by atoms with Crippen LogP contribution >= 0.6 is 0 Å². The Labute approximate surface area is 153 Å². The largest absolute Gasteiger partial charge is 0.399 e. The highest BCUT2D eigenvalue weighted by Gasteiger charge is 2.24. The van der Waals surface area contributed by atoms with Crippen molar-refractivity contribution in [2.45, 2.75) is 43.7 Å². The molecule has 0 heterocycles. The van der Waals surface area contributed by atoms with E-state index in [1.54, 1.807) is 13.8 Å². The molecule has 4 N–H and O–H groups in total. The highest BCUT2D eigenvalue weighted by Crippen LogP contribution is 2.23. The fraction of sp³-hybridized carbons (Fsp3) is 0.316. The van der Waals surface area contributed by atoms with Gasteiger partial charge in [0.2, 0.25) is 10.0 Å². The molecule has 6 nitrogen and oxygen atoms in total. The number of amides is 1. The first-order valence-corrected chi connectivity index (χ1v) is 10.0. The van der Waals surface area contributed by atoms with E-state index in [-0.39, 0.29) is 34.1 Å². The average Bonchev–Trinajstić information content (AvgIpc) is 2.95. The molecule has 0 fully saturated rings. The lowest BCUT2D eigenvalue weighted by molar-refractivity contribution is 0.0938. The van der Waals surface area contributed by atoms with Crippen LogP contribution in [0.4, 0.5) is 5.69 Å². The zero-order valence-corrected chi connectivity index (χ0v) is 15.6. The predicted octanol–water partition coefficient (Wildman–Crippen LogP) is 1.85. The Hall–Kier alpha value is -2.38. The number of carbonyl (C=O) groups is 1. The summed E-state index contributed by atoms with van der Waals surface area (Å²) >= 11 is 0. The van der Waals surface area contributed by atoms with Crippen LogP contribution in [0.3, 0.4) is 0 Å². The molecule has 0 saturated carbocycles. The third kappa shape index (κ3) is 4.05. The number of nitrogens with one attached hydrogen (secondary N) is 2. The van der Waals surface area contributed by atoms with Crippen LogP contribution in [-0.2, 0) is 22.9 Å². The minimum atomic E-state index is -3.72. The summed E-state index contributed by atoms with van der Waals surface area (Å²) in [7, 11) is -3.72. The van der Waals surface area contributed by atoms with E-state index < -0.39 is 10.0 Å². The molecule has 1 aliphatic carbocycles. The first-order chi connectivity index (χ1) is 12.2. The molecule has 138 valence electrons. The molecular weight excluding hydrogens is 350 g/mol. The van der Waals surface area contributed by atoms with Gasteiger partial charge in [-0.3, -0.25) is 4.79 Å². The van der Waals surface area contributed by atoms with E-state index in [9.17, 15) is 13.2 Å². The first-order valence-electron chi connectivity index (χ1n) is 8.55. The maximum atomic E-state index is 12.6. The van der Waals surface area contributed by atoms with E-state index in [1.165, 1.54) is 29.3 Å². The van der Waals surface area contributed by atoms with Gasteiger partial charge < -0.3 is 11.1 Å². The molecule has 2 aromatic carbocycles. The molecular formula is C19H23N3O3S. The van der Waals surface area contributed by atoms with Crippen molar-refractivity contribution in [2.75, 3.05) is 5.73 Å². The molecule has 1 aliphatic rings. The van der Waals surface area contributed by atoms with Crippen LogP contribution in [-0.4, -0.2) is 26.4 Å². The Bertz CT molecular complexity index is 914. The summed E-state index contributed by atoms with van der Waals surface area (Å²) < 4.78 is 27.2. The number of carbonyl (C=O) groups excluding carboxylic acids is 1. The number of sulfonamides is 1. The lowest BCUT2D eigenvalue weighted by Gasteiger charge is -2.14. The topological polar surface area (TPSA) is 101 Å². The van der Waals surface area contributed by atoms with Crippen molar-refractivity contribution in [3.05, 3.63) is 59.2 Å². The molecule has 0 saturated heterocycles. The van der Waals surface area contributed by atoms with Crippen LogP contribution in [0.5, 0.6) is 0 Å². The van der Waals surface area contributed by atoms with E-state index in [0.717, 1.165) is 12.8 Å². The summed E-state index contributed by atoms with van der Waals surface area (Å²) in [5, 5.41) is 2.98. The number of anilines is 1. The molecule has 0 atom stereocenters. The molecule has 7 heteroatoms. The van der Waals surface area contributed by atoms with Gasteiger partial charge in [-0.2, -0.15) is 0 Å².